The summed E-state index contributed by atoms with van der Waals surface area (Å²) >= 11 is 0. The third-order valence-electron chi connectivity index (χ3n) is 4.64. The van der Waals surface area contributed by atoms with Crippen molar-refractivity contribution < 1.29 is 14.0 Å². The van der Waals surface area contributed by atoms with Crippen molar-refractivity contribution in [2.24, 2.45) is 11.7 Å². The minimum atomic E-state index is -0.259. The van der Waals surface area contributed by atoms with Crippen LogP contribution in [0.2, 0.25) is 0 Å². The number of carbonyl (C=O) groups excluding carboxylic acids is 2. The zero-order chi connectivity index (χ0) is 17.6. The average molecular weight is 341 g/mol. The SMILES string of the molecule is NC(=O)C1CCN(C(=O)CCCc2ncc(-c3ccccc3)o2)CC1. The molecule has 1 fully saturated rings. The van der Waals surface area contributed by atoms with Crippen molar-refractivity contribution >= 4 is 11.8 Å². The Morgan fingerprint density at radius 3 is 2.60 bits per heavy atom. The number of carbonyl (C=O) groups is 2. The first-order valence-electron chi connectivity index (χ1n) is 8.70. The number of primary amides is 1. The third-order valence-corrected chi connectivity index (χ3v) is 4.64. The maximum Gasteiger partial charge on any atom is 0.222 e. The molecule has 0 aliphatic carbocycles. The topological polar surface area (TPSA) is 89.4 Å². The molecule has 1 saturated heterocycles. The Labute approximate surface area is 147 Å². The van der Waals surface area contributed by atoms with Gasteiger partial charge < -0.3 is 15.1 Å². The van der Waals surface area contributed by atoms with Crippen molar-refractivity contribution in [2.75, 3.05) is 13.1 Å². The largest absolute Gasteiger partial charge is 0.441 e. The number of aryl methyl sites for hydroxylation is 1. The van der Waals surface area contributed by atoms with Gasteiger partial charge in [0.25, 0.3) is 0 Å². The molecule has 1 aliphatic rings. The van der Waals surface area contributed by atoms with Gasteiger partial charge in [-0.3, -0.25) is 9.59 Å². The van der Waals surface area contributed by atoms with Gasteiger partial charge in [-0.15, -0.1) is 0 Å². The van der Waals surface area contributed by atoms with Crippen molar-refractivity contribution in [3.05, 3.63) is 42.4 Å². The lowest BCUT2D eigenvalue weighted by Gasteiger charge is -2.30. The Bertz CT molecular complexity index is 719. The molecule has 3 rings (SSSR count). The molecule has 0 unspecified atom stereocenters. The summed E-state index contributed by atoms with van der Waals surface area (Å²) in [5, 5.41) is 0. The van der Waals surface area contributed by atoms with Crippen molar-refractivity contribution in [1.29, 1.82) is 0 Å². The quantitative estimate of drug-likeness (QED) is 0.873. The highest BCUT2D eigenvalue weighted by molar-refractivity contribution is 5.78. The molecule has 132 valence electrons. The van der Waals surface area contributed by atoms with Gasteiger partial charge in [0.1, 0.15) is 0 Å². The smallest absolute Gasteiger partial charge is 0.222 e. The summed E-state index contributed by atoms with van der Waals surface area (Å²) in [4.78, 5) is 29.5. The Hall–Kier alpha value is -2.63. The number of oxazole rings is 1. The molecule has 2 aromatic rings. The minimum Gasteiger partial charge on any atom is -0.441 e. The van der Waals surface area contributed by atoms with Gasteiger partial charge in [0.2, 0.25) is 11.8 Å². The van der Waals surface area contributed by atoms with E-state index in [9.17, 15) is 9.59 Å². The molecule has 1 aliphatic heterocycles. The van der Waals surface area contributed by atoms with Crippen molar-refractivity contribution in [3.63, 3.8) is 0 Å². The minimum absolute atomic E-state index is 0.0900. The Balaban J connectivity index is 1.43. The highest BCUT2D eigenvalue weighted by Crippen LogP contribution is 2.21. The van der Waals surface area contributed by atoms with Gasteiger partial charge >= 0.3 is 0 Å². The number of nitrogens with zero attached hydrogens (tertiary/aromatic N) is 2. The fraction of sp³-hybridized carbons (Fsp3) is 0.421. The van der Waals surface area contributed by atoms with Crippen LogP contribution in [0.4, 0.5) is 0 Å². The summed E-state index contributed by atoms with van der Waals surface area (Å²) < 4.78 is 5.75. The molecular formula is C19H23N3O3. The van der Waals surface area contributed by atoms with Gasteiger partial charge in [0.15, 0.2) is 11.7 Å². The second-order valence-corrected chi connectivity index (χ2v) is 6.40. The number of hydrogen-bond donors (Lipinski definition) is 1. The van der Waals surface area contributed by atoms with Crippen LogP contribution in [0.25, 0.3) is 11.3 Å². The molecule has 0 radical (unpaired) electrons. The number of benzene rings is 1. The van der Waals surface area contributed by atoms with Crippen LogP contribution in [-0.4, -0.2) is 34.8 Å². The number of piperidine rings is 1. The second-order valence-electron chi connectivity index (χ2n) is 6.40. The molecular weight excluding hydrogens is 318 g/mol. The zero-order valence-corrected chi connectivity index (χ0v) is 14.2. The number of likely N-dealkylation sites (tertiary alicyclic amines) is 1. The monoisotopic (exact) mass is 341 g/mol. The molecule has 0 bridgehead atoms. The summed E-state index contributed by atoms with van der Waals surface area (Å²) in [6, 6.07) is 9.82. The van der Waals surface area contributed by atoms with Crippen molar-refractivity contribution in [3.8, 4) is 11.3 Å². The predicted octanol–water partition coefficient (Wildman–Crippen LogP) is 2.39. The molecule has 25 heavy (non-hydrogen) atoms. The first-order chi connectivity index (χ1) is 12.1. The van der Waals surface area contributed by atoms with E-state index in [-0.39, 0.29) is 17.7 Å². The highest BCUT2D eigenvalue weighted by atomic mass is 16.4. The van der Waals surface area contributed by atoms with E-state index in [1.165, 1.54) is 0 Å². The summed E-state index contributed by atoms with van der Waals surface area (Å²) in [6.07, 6.45) is 4.85. The molecule has 0 atom stereocenters. The van der Waals surface area contributed by atoms with Crippen LogP contribution in [0.5, 0.6) is 0 Å². The normalized spacial score (nSPS) is 15.3. The van der Waals surface area contributed by atoms with E-state index in [2.05, 4.69) is 4.98 Å². The fourth-order valence-corrected chi connectivity index (χ4v) is 3.12. The van der Waals surface area contributed by atoms with E-state index in [1.807, 2.05) is 35.2 Å². The highest BCUT2D eigenvalue weighted by Gasteiger charge is 2.25. The summed E-state index contributed by atoms with van der Waals surface area (Å²) in [5.41, 5.74) is 6.31. The van der Waals surface area contributed by atoms with Crippen molar-refractivity contribution in [1.82, 2.24) is 9.88 Å². The van der Waals surface area contributed by atoms with Gasteiger partial charge in [0, 0.05) is 37.4 Å². The number of aromatic nitrogens is 1. The first-order valence-corrected chi connectivity index (χ1v) is 8.70. The van der Waals surface area contributed by atoms with Crippen LogP contribution in [0.15, 0.2) is 40.9 Å². The van der Waals surface area contributed by atoms with Gasteiger partial charge in [-0.1, -0.05) is 30.3 Å². The molecule has 0 saturated carbocycles. The predicted molar refractivity (Wildman–Crippen MR) is 93.4 cm³/mol. The summed E-state index contributed by atoms with van der Waals surface area (Å²) in [6.45, 7) is 1.23. The lowest BCUT2D eigenvalue weighted by atomic mass is 9.96. The lowest BCUT2D eigenvalue weighted by molar-refractivity contribution is -0.134. The number of rotatable bonds is 6. The zero-order valence-electron chi connectivity index (χ0n) is 14.2. The van der Waals surface area contributed by atoms with Gasteiger partial charge in [-0.25, -0.2) is 4.98 Å². The second kappa shape index (κ2) is 7.96. The van der Waals surface area contributed by atoms with E-state index in [4.69, 9.17) is 10.2 Å². The van der Waals surface area contributed by atoms with Crippen LogP contribution in [-0.2, 0) is 16.0 Å². The molecule has 6 nitrogen and oxygen atoms in total. The van der Waals surface area contributed by atoms with Crippen LogP contribution in [0.1, 0.15) is 31.6 Å². The molecule has 1 aromatic heterocycles. The average Bonchev–Trinajstić information content (AvgIpc) is 3.11. The molecule has 6 heteroatoms. The Morgan fingerprint density at radius 2 is 1.92 bits per heavy atom. The molecule has 0 spiro atoms. The van der Waals surface area contributed by atoms with Gasteiger partial charge in [-0.05, 0) is 19.3 Å². The third kappa shape index (κ3) is 4.47. The lowest BCUT2D eigenvalue weighted by Crippen LogP contribution is -2.41. The fourth-order valence-electron chi connectivity index (χ4n) is 3.12. The summed E-state index contributed by atoms with van der Waals surface area (Å²) in [5.74, 6) is 1.17. The van der Waals surface area contributed by atoms with Crippen molar-refractivity contribution in [2.45, 2.75) is 32.1 Å². The number of hydrogen-bond acceptors (Lipinski definition) is 4. The Kier molecular flexibility index (Phi) is 5.48. The molecule has 1 aromatic carbocycles. The first kappa shape index (κ1) is 17.2. The summed E-state index contributed by atoms with van der Waals surface area (Å²) in [7, 11) is 0. The molecule has 2 amide bonds. The van der Waals surface area contributed by atoms with E-state index in [0.717, 1.165) is 11.3 Å². The van der Waals surface area contributed by atoms with Gasteiger partial charge in [-0.2, -0.15) is 0 Å². The van der Waals surface area contributed by atoms with E-state index < -0.39 is 0 Å². The van der Waals surface area contributed by atoms with E-state index in [1.54, 1.807) is 6.20 Å². The standard InChI is InChI=1S/C19H23N3O3/c20-19(24)15-9-11-22(12-10-15)18(23)8-4-7-17-21-13-16(25-17)14-5-2-1-3-6-14/h1-3,5-6,13,15H,4,7-12H2,(H2,20,24). The molecule has 2 heterocycles. The van der Waals surface area contributed by atoms with Gasteiger partial charge in [0.05, 0.1) is 6.20 Å². The van der Waals surface area contributed by atoms with Crippen LogP contribution in [0, 0.1) is 5.92 Å². The van der Waals surface area contributed by atoms with Crippen LogP contribution >= 0.6 is 0 Å². The maximum absolute atomic E-state index is 12.3. The molecule has 2 N–H and O–H groups in total. The number of amides is 2. The van der Waals surface area contributed by atoms with E-state index >= 15 is 0 Å². The van der Waals surface area contributed by atoms with Crippen LogP contribution in [0.3, 0.4) is 0 Å². The maximum atomic E-state index is 12.3. The Morgan fingerprint density at radius 1 is 1.20 bits per heavy atom. The van der Waals surface area contributed by atoms with Crippen LogP contribution < -0.4 is 5.73 Å². The number of nitrogens with two attached hydrogens (primary N) is 1. The van der Waals surface area contributed by atoms with E-state index in [0.29, 0.717) is 51.1 Å².